The number of nitrogens with zero attached hydrogens (tertiary/aromatic N) is 1. The summed E-state index contributed by atoms with van der Waals surface area (Å²) in [5.41, 5.74) is 0.674. The lowest BCUT2D eigenvalue weighted by Gasteiger charge is -2.26. The first-order valence-corrected chi connectivity index (χ1v) is 6.80. The molecule has 1 saturated heterocycles. The molecule has 1 heterocycles. The molecular formula is C14H14ClNO3. The van der Waals surface area contributed by atoms with Crippen LogP contribution in [0.1, 0.15) is 19.3 Å². The van der Waals surface area contributed by atoms with Crippen LogP contribution in [0.3, 0.4) is 0 Å². The lowest BCUT2D eigenvalue weighted by atomic mass is 10.1. The van der Waals surface area contributed by atoms with E-state index >= 15 is 0 Å². The van der Waals surface area contributed by atoms with Crippen molar-refractivity contribution in [3.05, 3.63) is 29.3 Å². The monoisotopic (exact) mass is 279 g/mol. The number of carbonyl (C=O) groups excluding carboxylic acids is 2. The molecule has 2 fully saturated rings. The quantitative estimate of drug-likeness (QED) is 0.798. The summed E-state index contributed by atoms with van der Waals surface area (Å²) in [5, 5.41) is 0.553. The van der Waals surface area contributed by atoms with Gasteiger partial charge in [0, 0.05) is 23.0 Å². The maximum Gasteiger partial charge on any atom is 0.329 e. The Bertz CT molecular complexity index is 527. The third-order valence-corrected chi connectivity index (χ3v) is 3.70. The van der Waals surface area contributed by atoms with E-state index in [9.17, 15) is 9.59 Å². The molecule has 0 N–H and O–H groups in total. The second-order valence-electron chi connectivity index (χ2n) is 4.93. The molecule has 0 aromatic heterocycles. The predicted molar refractivity (Wildman–Crippen MR) is 71.0 cm³/mol. The fourth-order valence-electron chi connectivity index (χ4n) is 2.33. The van der Waals surface area contributed by atoms with Gasteiger partial charge in [-0.1, -0.05) is 17.7 Å². The van der Waals surface area contributed by atoms with E-state index in [4.69, 9.17) is 16.3 Å². The molecule has 5 heteroatoms. The second kappa shape index (κ2) is 4.85. The highest BCUT2D eigenvalue weighted by atomic mass is 35.5. The largest absolute Gasteiger partial charge is 0.464 e. The maximum absolute atomic E-state index is 12.4. The van der Waals surface area contributed by atoms with Crippen LogP contribution in [0.5, 0.6) is 0 Å². The minimum absolute atomic E-state index is 0.00566. The number of carbonyl (C=O) groups is 2. The lowest BCUT2D eigenvalue weighted by Crippen LogP contribution is -2.44. The summed E-state index contributed by atoms with van der Waals surface area (Å²) >= 11 is 5.98. The lowest BCUT2D eigenvalue weighted by molar-refractivity contribution is -0.140. The van der Waals surface area contributed by atoms with Crippen molar-refractivity contribution in [3.8, 4) is 0 Å². The van der Waals surface area contributed by atoms with E-state index in [0.717, 1.165) is 12.8 Å². The SMILES string of the molecule is O=C1OCC[C@@H]1N(C(=O)C1CC1)c1cccc(Cl)c1. The highest BCUT2D eigenvalue weighted by Crippen LogP contribution is 2.35. The molecular weight excluding hydrogens is 266 g/mol. The van der Waals surface area contributed by atoms with Gasteiger partial charge < -0.3 is 4.74 Å². The van der Waals surface area contributed by atoms with Gasteiger partial charge in [0.2, 0.25) is 5.91 Å². The molecule has 1 aliphatic carbocycles. The van der Waals surface area contributed by atoms with Crippen LogP contribution in [0.15, 0.2) is 24.3 Å². The predicted octanol–water partition coefficient (Wildman–Crippen LogP) is 2.40. The Morgan fingerprint density at radius 1 is 1.32 bits per heavy atom. The maximum atomic E-state index is 12.4. The van der Waals surface area contributed by atoms with Gasteiger partial charge in [-0.25, -0.2) is 4.79 Å². The number of cyclic esters (lactones) is 1. The van der Waals surface area contributed by atoms with Crippen LogP contribution < -0.4 is 4.90 Å². The van der Waals surface area contributed by atoms with Crippen LogP contribution >= 0.6 is 11.6 Å². The van der Waals surface area contributed by atoms with E-state index in [1.807, 2.05) is 0 Å². The molecule has 1 atom stereocenters. The molecule has 100 valence electrons. The summed E-state index contributed by atoms with van der Waals surface area (Å²) in [4.78, 5) is 25.8. The standard InChI is InChI=1S/C14H14ClNO3/c15-10-2-1-3-11(8-10)16(13(17)9-4-5-9)12-6-7-19-14(12)18/h1-3,8-9,12H,4-7H2/t12-/m0/s1. The Morgan fingerprint density at radius 2 is 2.11 bits per heavy atom. The number of esters is 1. The van der Waals surface area contributed by atoms with Crippen molar-refractivity contribution in [1.82, 2.24) is 0 Å². The van der Waals surface area contributed by atoms with Crippen LogP contribution in [0, 0.1) is 5.92 Å². The fourth-order valence-corrected chi connectivity index (χ4v) is 2.52. The van der Waals surface area contributed by atoms with E-state index in [1.165, 1.54) is 0 Å². The van der Waals surface area contributed by atoms with Gasteiger partial charge in [0.15, 0.2) is 0 Å². The van der Waals surface area contributed by atoms with Crippen molar-refractivity contribution in [2.45, 2.75) is 25.3 Å². The van der Waals surface area contributed by atoms with E-state index in [2.05, 4.69) is 0 Å². The minimum Gasteiger partial charge on any atom is -0.464 e. The summed E-state index contributed by atoms with van der Waals surface area (Å²) in [6.07, 6.45) is 2.35. The minimum atomic E-state index is -0.508. The Kier molecular flexibility index (Phi) is 3.19. The summed E-state index contributed by atoms with van der Waals surface area (Å²) in [7, 11) is 0. The molecule has 0 radical (unpaired) electrons. The Labute approximate surface area is 116 Å². The van der Waals surface area contributed by atoms with Gasteiger partial charge >= 0.3 is 5.97 Å². The molecule has 0 spiro atoms. The van der Waals surface area contributed by atoms with Crippen LogP contribution in [0.4, 0.5) is 5.69 Å². The first kappa shape index (κ1) is 12.5. The van der Waals surface area contributed by atoms with Crippen molar-refractivity contribution in [3.63, 3.8) is 0 Å². The molecule has 3 rings (SSSR count). The zero-order chi connectivity index (χ0) is 13.4. The van der Waals surface area contributed by atoms with Gasteiger partial charge in [0.1, 0.15) is 6.04 Å². The first-order valence-electron chi connectivity index (χ1n) is 6.42. The van der Waals surface area contributed by atoms with E-state index in [-0.39, 0.29) is 17.8 Å². The molecule has 19 heavy (non-hydrogen) atoms. The molecule has 1 aromatic carbocycles. The van der Waals surface area contributed by atoms with Crippen LogP contribution in [-0.2, 0) is 14.3 Å². The molecule has 0 bridgehead atoms. The average molecular weight is 280 g/mol. The number of ether oxygens (including phenoxy) is 1. The Balaban J connectivity index is 1.95. The van der Waals surface area contributed by atoms with Crippen molar-refractivity contribution < 1.29 is 14.3 Å². The van der Waals surface area contributed by atoms with Crippen molar-refractivity contribution in [2.24, 2.45) is 5.92 Å². The second-order valence-corrected chi connectivity index (χ2v) is 5.37. The number of benzene rings is 1. The van der Waals surface area contributed by atoms with Gasteiger partial charge in [0.05, 0.1) is 6.61 Å². The number of hydrogen-bond acceptors (Lipinski definition) is 3. The van der Waals surface area contributed by atoms with Crippen molar-refractivity contribution in [1.29, 1.82) is 0 Å². The van der Waals surface area contributed by atoms with Gasteiger partial charge in [-0.3, -0.25) is 9.69 Å². The first-order chi connectivity index (χ1) is 9.16. The van der Waals surface area contributed by atoms with Gasteiger partial charge in [-0.05, 0) is 31.0 Å². The zero-order valence-corrected chi connectivity index (χ0v) is 11.1. The number of halogens is 1. The molecule has 0 unspecified atom stereocenters. The highest BCUT2D eigenvalue weighted by Gasteiger charge is 2.42. The molecule has 1 aromatic rings. The van der Waals surface area contributed by atoms with E-state index < -0.39 is 6.04 Å². The summed E-state index contributed by atoms with van der Waals surface area (Å²) in [6, 6.07) is 6.54. The molecule has 1 saturated carbocycles. The molecule has 4 nitrogen and oxygen atoms in total. The van der Waals surface area contributed by atoms with Crippen LogP contribution in [-0.4, -0.2) is 24.5 Å². The Morgan fingerprint density at radius 3 is 2.68 bits per heavy atom. The smallest absolute Gasteiger partial charge is 0.329 e. The third kappa shape index (κ3) is 2.45. The van der Waals surface area contributed by atoms with Crippen molar-refractivity contribution >= 4 is 29.2 Å². The molecule has 1 aliphatic heterocycles. The zero-order valence-electron chi connectivity index (χ0n) is 10.3. The number of amides is 1. The highest BCUT2D eigenvalue weighted by molar-refractivity contribution is 6.31. The topological polar surface area (TPSA) is 46.6 Å². The average Bonchev–Trinajstić information content (AvgIpc) is 3.15. The van der Waals surface area contributed by atoms with Crippen LogP contribution in [0.25, 0.3) is 0 Å². The third-order valence-electron chi connectivity index (χ3n) is 3.47. The fraction of sp³-hybridized carbons (Fsp3) is 0.429. The van der Waals surface area contributed by atoms with Crippen molar-refractivity contribution in [2.75, 3.05) is 11.5 Å². The van der Waals surface area contributed by atoms with Crippen LogP contribution in [0.2, 0.25) is 5.02 Å². The normalized spacial score (nSPS) is 22.2. The number of hydrogen-bond donors (Lipinski definition) is 0. The van der Waals surface area contributed by atoms with E-state index in [0.29, 0.717) is 23.7 Å². The summed E-state index contributed by atoms with van der Waals surface area (Å²) in [6.45, 7) is 0.374. The Hall–Kier alpha value is -1.55. The summed E-state index contributed by atoms with van der Waals surface area (Å²) < 4.78 is 4.98. The number of rotatable bonds is 3. The number of anilines is 1. The molecule has 2 aliphatic rings. The van der Waals surface area contributed by atoms with E-state index in [1.54, 1.807) is 29.2 Å². The van der Waals surface area contributed by atoms with Gasteiger partial charge in [-0.2, -0.15) is 0 Å². The van der Waals surface area contributed by atoms with Gasteiger partial charge in [0.25, 0.3) is 0 Å². The molecule has 1 amide bonds. The summed E-state index contributed by atoms with van der Waals surface area (Å²) in [5.74, 6) is -0.271. The van der Waals surface area contributed by atoms with Gasteiger partial charge in [-0.15, -0.1) is 0 Å².